The summed E-state index contributed by atoms with van der Waals surface area (Å²) in [6.07, 6.45) is 1.71. The van der Waals surface area contributed by atoms with Gasteiger partial charge in [0.05, 0.1) is 7.11 Å². The van der Waals surface area contributed by atoms with E-state index in [1.165, 1.54) is 0 Å². The largest absolute Gasteiger partial charge is 0.497 e. The van der Waals surface area contributed by atoms with Crippen molar-refractivity contribution in [1.82, 2.24) is 9.88 Å². The fourth-order valence-corrected chi connectivity index (χ4v) is 1.92. The number of methoxy groups -OCH3 is 1. The molecule has 2 rings (SSSR count). The fourth-order valence-electron chi connectivity index (χ4n) is 1.92. The molecule has 0 bridgehead atoms. The Morgan fingerprint density at radius 2 is 2.09 bits per heavy atom. The van der Waals surface area contributed by atoms with Crippen LogP contribution in [-0.2, 0) is 11.3 Å². The van der Waals surface area contributed by atoms with E-state index in [0.717, 1.165) is 16.9 Å². The van der Waals surface area contributed by atoms with E-state index >= 15 is 0 Å². The molecule has 1 amide bonds. The average Bonchev–Trinajstić information content (AvgIpc) is 2.54. The Balaban J connectivity index is 1.87. The smallest absolute Gasteiger partial charge is 0.260 e. The number of ether oxygens (including phenoxy) is 2. The third kappa shape index (κ3) is 4.48. The van der Waals surface area contributed by atoms with Gasteiger partial charge in [0.2, 0.25) is 5.88 Å². The Bertz CT molecular complexity index is 626. The number of hydrogen-bond donors (Lipinski definition) is 0. The molecule has 0 spiro atoms. The van der Waals surface area contributed by atoms with Crippen LogP contribution in [0.15, 0.2) is 42.6 Å². The molecule has 5 heteroatoms. The van der Waals surface area contributed by atoms with Crippen LogP contribution in [-0.4, -0.2) is 36.6 Å². The minimum Gasteiger partial charge on any atom is -0.497 e. The lowest BCUT2D eigenvalue weighted by Crippen LogP contribution is -2.31. The van der Waals surface area contributed by atoms with E-state index in [2.05, 4.69) is 4.98 Å². The predicted molar refractivity (Wildman–Crippen MR) is 83.9 cm³/mol. The number of likely N-dealkylation sites (N-methyl/N-ethyl adjacent to an activating group) is 1. The molecule has 1 aromatic heterocycles. The topological polar surface area (TPSA) is 51.7 Å². The van der Waals surface area contributed by atoms with Gasteiger partial charge in [-0.1, -0.05) is 18.2 Å². The molecule has 0 radical (unpaired) electrons. The van der Waals surface area contributed by atoms with E-state index in [9.17, 15) is 4.79 Å². The number of benzene rings is 1. The molecule has 2 aromatic rings. The number of pyridine rings is 1. The van der Waals surface area contributed by atoms with E-state index < -0.39 is 0 Å². The molecule has 0 aliphatic carbocycles. The molecular weight excluding hydrogens is 280 g/mol. The second-order valence-corrected chi connectivity index (χ2v) is 5.06. The van der Waals surface area contributed by atoms with Gasteiger partial charge < -0.3 is 14.4 Å². The molecule has 0 fully saturated rings. The van der Waals surface area contributed by atoms with Gasteiger partial charge in [0.1, 0.15) is 5.75 Å². The predicted octanol–water partition coefficient (Wildman–Crippen LogP) is 2.44. The van der Waals surface area contributed by atoms with E-state index in [0.29, 0.717) is 12.4 Å². The van der Waals surface area contributed by atoms with Crippen molar-refractivity contribution >= 4 is 5.91 Å². The molecule has 0 saturated heterocycles. The zero-order valence-electron chi connectivity index (χ0n) is 13.1. The standard InChI is InChI=1S/C17H20N2O3/c1-13-7-8-16(18-10-13)22-12-17(20)19(2)11-14-5-4-6-15(9-14)21-3/h4-10H,11-12H2,1-3H3. The molecular formula is C17H20N2O3. The maximum Gasteiger partial charge on any atom is 0.260 e. The first kappa shape index (κ1) is 15.8. The van der Waals surface area contributed by atoms with Crippen molar-refractivity contribution in [3.63, 3.8) is 0 Å². The van der Waals surface area contributed by atoms with Crippen LogP contribution in [0, 0.1) is 6.92 Å². The fraction of sp³-hybridized carbons (Fsp3) is 0.294. The van der Waals surface area contributed by atoms with E-state index in [-0.39, 0.29) is 12.5 Å². The summed E-state index contributed by atoms with van der Waals surface area (Å²) in [5.41, 5.74) is 2.05. The molecule has 0 atom stereocenters. The summed E-state index contributed by atoms with van der Waals surface area (Å²) >= 11 is 0. The van der Waals surface area contributed by atoms with Crippen molar-refractivity contribution < 1.29 is 14.3 Å². The number of carbonyl (C=O) groups excluding carboxylic acids is 1. The van der Waals surface area contributed by atoms with E-state index in [1.54, 1.807) is 31.3 Å². The van der Waals surface area contributed by atoms with Crippen LogP contribution in [0.1, 0.15) is 11.1 Å². The number of amides is 1. The lowest BCUT2D eigenvalue weighted by Gasteiger charge is -2.17. The van der Waals surface area contributed by atoms with Gasteiger partial charge in [-0.15, -0.1) is 0 Å². The number of aryl methyl sites for hydroxylation is 1. The van der Waals surface area contributed by atoms with Gasteiger partial charge in [-0.25, -0.2) is 4.98 Å². The van der Waals surface area contributed by atoms with Gasteiger partial charge in [0.25, 0.3) is 5.91 Å². The number of hydrogen-bond acceptors (Lipinski definition) is 4. The summed E-state index contributed by atoms with van der Waals surface area (Å²) in [4.78, 5) is 17.8. The summed E-state index contributed by atoms with van der Waals surface area (Å²) in [7, 11) is 3.37. The summed E-state index contributed by atoms with van der Waals surface area (Å²) in [5.74, 6) is 1.12. The molecule has 5 nitrogen and oxygen atoms in total. The van der Waals surface area contributed by atoms with E-state index in [1.807, 2.05) is 37.3 Å². The highest BCUT2D eigenvalue weighted by molar-refractivity contribution is 5.77. The third-order valence-corrected chi connectivity index (χ3v) is 3.21. The lowest BCUT2D eigenvalue weighted by atomic mass is 10.2. The summed E-state index contributed by atoms with van der Waals surface area (Å²) in [6.45, 7) is 2.42. The maximum absolute atomic E-state index is 12.1. The van der Waals surface area contributed by atoms with Crippen LogP contribution in [0.2, 0.25) is 0 Å². The van der Waals surface area contributed by atoms with Gasteiger partial charge in [-0.3, -0.25) is 4.79 Å². The highest BCUT2D eigenvalue weighted by atomic mass is 16.5. The highest BCUT2D eigenvalue weighted by Gasteiger charge is 2.11. The molecule has 0 aliphatic heterocycles. The minimum atomic E-state index is -0.106. The van der Waals surface area contributed by atoms with Crippen molar-refractivity contribution in [2.75, 3.05) is 20.8 Å². The van der Waals surface area contributed by atoms with E-state index in [4.69, 9.17) is 9.47 Å². The average molecular weight is 300 g/mol. The Kier molecular flexibility index (Phi) is 5.36. The van der Waals surface area contributed by atoms with Gasteiger partial charge >= 0.3 is 0 Å². The summed E-state index contributed by atoms with van der Waals surface area (Å²) in [5, 5.41) is 0. The normalized spacial score (nSPS) is 10.1. The molecule has 0 aliphatic rings. The van der Waals surface area contributed by atoms with Gasteiger partial charge in [-0.05, 0) is 30.2 Å². The van der Waals surface area contributed by atoms with Crippen molar-refractivity contribution in [2.24, 2.45) is 0 Å². The quantitative estimate of drug-likeness (QED) is 0.822. The Labute approximate surface area is 130 Å². The molecule has 116 valence electrons. The van der Waals surface area contributed by atoms with Crippen molar-refractivity contribution in [1.29, 1.82) is 0 Å². The first-order chi connectivity index (χ1) is 10.6. The monoisotopic (exact) mass is 300 g/mol. The first-order valence-corrected chi connectivity index (χ1v) is 7.01. The van der Waals surface area contributed by atoms with Gasteiger partial charge in [-0.2, -0.15) is 0 Å². The highest BCUT2D eigenvalue weighted by Crippen LogP contribution is 2.14. The number of rotatable bonds is 6. The number of aromatic nitrogens is 1. The number of nitrogens with zero attached hydrogens (tertiary/aromatic N) is 2. The second kappa shape index (κ2) is 7.45. The molecule has 1 aromatic carbocycles. The Morgan fingerprint density at radius 1 is 1.27 bits per heavy atom. The van der Waals surface area contributed by atoms with Crippen LogP contribution in [0.4, 0.5) is 0 Å². The molecule has 1 heterocycles. The molecule has 0 saturated carbocycles. The Morgan fingerprint density at radius 3 is 2.77 bits per heavy atom. The van der Waals surface area contributed by atoms with Crippen LogP contribution < -0.4 is 9.47 Å². The summed E-state index contributed by atoms with van der Waals surface area (Å²) in [6, 6.07) is 11.3. The van der Waals surface area contributed by atoms with Crippen LogP contribution >= 0.6 is 0 Å². The first-order valence-electron chi connectivity index (χ1n) is 7.01. The van der Waals surface area contributed by atoms with Gasteiger partial charge in [0.15, 0.2) is 6.61 Å². The van der Waals surface area contributed by atoms with Crippen LogP contribution in [0.3, 0.4) is 0 Å². The summed E-state index contributed by atoms with van der Waals surface area (Å²) < 4.78 is 10.6. The Hall–Kier alpha value is -2.56. The lowest BCUT2D eigenvalue weighted by molar-refractivity contribution is -0.132. The molecule has 0 N–H and O–H groups in total. The number of carbonyl (C=O) groups is 1. The minimum absolute atomic E-state index is 0.0312. The SMILES string of the molecule is COc1cccc(CN(C)C(=O)COc2ccc(C)cn2)c1. The van der Waals surface area contributed by atoms with Crippen LogP contribution in [0.25, 0.3) is 0 Å². The molecule has 22 heavy (non-hydrogen) atoms. The van der Waals surface area contributed by atoms with Crippen LogP contribution in [0.5, 0.6) is 11.6 Å². The van der Waals surface area contributed by atoms with Crippen molar-refractivity contribution in [2.45, 2.75) is 13.5 Å². The van der Waals surface area contributed by atoms with Crippen molar-refractivity contribution in [3.8, 4) is 11.6 Å². The molecule has 0 unspecified atom stereocenters. The van der Waals surface area contributed by atoms with Crippen molar-refractivity contribution in [3.05, 3.63) is 53.7 Å². The van der Waals surface area contributed by atoms with Gasteiger partial charge in [0, 0.05) is 25.9 Å². The zero-order chi connectivity index (χ0) is 15.9. The zero-order valence-corrected chi connectivity index (χ0v) is 13.1. The third-order valence-electron chi connectivity index (χ3n) is 3.21. The second-order valence-electron chi connectivity index (χ2n) is 5.06. The maximum atomic E-state index is 12.1.